The Balaban J connectivity index is 1.14. The van der Waals surface area contributed by atoms with E-state index in [1.165, 1.54) is 22.3 Å². The molecule has 0 aromatic heterocycles. The molecular formula is C34H39N5O4. The third-order valence-corrected chi connectivity index (χ3v) is 9.87. The van der Waals surface area contributed by atoms with Gasteiger partial charge in [-0.05, 0) is 81.0 Å². The molecule has 3 heterocycles. The summed E-state index contributed by atoms with van der Waals surface area (Å²) in [5.74, 6) is 0.162. The van der Waals surface area contributed by atoms with Crippen LogP contribution in [0.3, 0.4) is 0 Å². The minimum absolute atomic E-state index is 0.00885. The van der Waals surface area contributed by atoms with Crippen molar-refractivity contribution in [2.45, 2.75) is 94.7 Å². The second kappa shape index (κ2) is 10.4. The third kappa shape index (κ3) is 4.96. The molecule has 7 rings (SSSR count). The molecule has 43 heavy (non-hydrogen) atoms. The van der Waals surface area contributed by atoms with E-state index in [1.807, 2.05) is 0 Å². The van der Waals surface area contributed by atoms with Gasteiger partial charge in [0, 0.05) is 25.2 Å². The lowest BCUT2D eigenvalue weighted by atomic mass is 9.92. The van der Waals surface area contributed by atoms with Crippen molar-refractivity contribution in [3.63, 3.8) is 0 Å². The Bertz CT molecular complexity index is 1460. The SMILES string of the molecule is CC(C)(C)OC(=O)NC(CN1C[C@@H]2CC1C(=O)N2C1c2ccccc2CCc2ccccc21)C(=O)N1C(C#N)C[C@@H]2C[C@@H]21. The zero-order valence-electron chi connectivity index (χ0n) is 25.0. The first-order valence-corrected chi connectivity index (χ1v) is 15.6. The van der Waals surface area contributed by atoms with Crippen LogP contribution in [0.4, 0.5) is 4.79 Å². The fourth-order valence-electron chi connectivity index (χ4n) is 7.96. The Morgan fingerprint density at radius 2 is 1.67 bits per heavy atom. The Hall–Kier alpha value is -3.90. The molecule has 9 nitrogen and oxygen atoms in total. The number of carbonyl (C=O) groups is 3. The van der Waals surface area contributed by atoms with Gasteiger partial charge in [0.1, 0.15) is 17.7 Å². The number of carbonyl (C=O) groups excluding carboxylic acids is 3. The highest BCUT2D eigenvalue weighted by Crippen LogP contribution is 2.48. The van der Waals surface area contributed by atoms with Crippen LogP contribution in [0.2, 0.25) is 0 Å². The molecule has 3 unspecified atom stereocenters. The molecule has 5 aliphatic rings. The average molecular weight is 582 g/mol. The van der Waals surface area contributed by atoms with Gasteiger partial charge in [0.2, 0.25) is 11.8 Å². The second-order valence-corrected chi connectivity index (χ2v) is 13.8. The van der Waals surface area contributed by atoms with Crippen LogP contribution in [0.1, 0.15) is 68.3 Å². The van der Waals surface area contributed by atoms with Crippen molar-refractivity contribution in [1.29, 1.82) is 5.26 Å². The summed E-state index contributed by atoms with van der Waals surface area (Å²) in [6.45, 7) is 6.15. The predicted octanol–water partition coefficient (Wildman–Crippen LogP) is 3.57. The molecule has 2 bridgehead atoms. The van der Waals surface area contributed by atoms with Gasteiger partial charge in [-0.25, -0.2) is 4.79 Å². The fourth-order valence-corrected chi connectivity index (χ4v) is 7.96. The van der Waals surface area contributed by atoms with Gasteiger partial charge < -0.3 is 19.9 Å². The average Bonchev–Trinajstić information content (AvgIpc) is 3.35. The third-order valence-electron chi connectivity index (χ3n) is 9.87. The number of piperidine rings is 1. The lowest BCUT2D eigenvalue weighted by molar-refractivity contribution is -0.141. The fraction of sp³-hybridized carbons (Fsp3) is 0.529. The van der Waals surface area contributed by atoms with E-state index < -0.39 is 23.8 Å². The summed E-state index contributed by atoms with van der Waals surface area (Å²) in [5, 5.41) is 12.6. The van der Waals surface area contributed by atoms with Crippen molar-refractivity contribution in [2.75, 3.05) is 13.1 Å². The number of fused-ring (bicyclic) bond motifs is 5. The number of hydrogen-bond acceptors (Lipinski definition) is 6. The van der Waals surface area contributed by atoms with Crippen molar-refractivity contribution in [3.05, 3.63) is 70.8 Å². The summed E-state index contributed by atoms with van der Waals surface area (Å²) in [5.41, 5.74) is 4.21. The van der Waals surface area contributed by atoms with E-state index in [-0.39, 0.29) is 42.5 Å². The highest BCUT2D eigenvalue weighted by atomic mass is 16.6. The van der Waals surface area contributed by atoms with Crippen molar-refractivity contribution < 1.29 is 19.1 Å². The van der Waals surface area contributed by atoms with Crippen LogP contribution in [0, 0.1) is 17.2 Å². The number of benzene rings is 2. The quantitative estimate of drug-likeness (QED) is 0.579. The van der Waals surface area contributed by atoms with Crippen LogP contribution in [0.5, 0.6) is 0 Å². The minimum atomic E-state index is -0.912. The summed E-state index contributed by atoms with van der Waals surface area (Å²) in [6, 6.07) is 17.3. The standard InChI is InChI=1S/C34H39N5O4/c1-34(2,3)43-33(42)36-27(31(40)38-23(17-35)14-22-15-28(22)38)19-37-18-24-16-29(37)32(41)39(24)30-25-10-6-4-8-20(25)12-13-21-9-5-7-11-26(21)30/h4-11,22-24,27-30H,12-16,18-19H2,1-3H3,(H,36,42)/t22-,23?,24+,27?,28+,29?/m1/s1. The Morgan fingerprint density at radius 3 is 2.28 bits per heavy atom. The Kier molecular flexibility index (Phi) is 6.73. The molecule has 6 atom stereocenters. The molecule has 0 spiro atoms. The molecule has 4 fully saturated rings. The van der Waals surface area contributed by atoms with Crippen LogP contribution >= 0.6 is 0 Å². The lowest BCUT2D eigenvalue weighted by Crippen LogP contribution is -2.59. The van der Waals surface area contributed by atoms with Crippen LogP contribution in [0.15, 0.2) is 48.5 Å². The summed E-state index contributed by atoms with van der Waals surface area (Å²) in [7, 11) is 0. The van der Waals surface area contributed by atoms with Gasteiger partial charge in [0.25, 0.3) is 0 Å². The molecule has 224 valence electrons. The maximum Gasteiger partial charge on any atom is 0.408 e. The van der Waals surface area contributed by atoms with Crippen LogP contribution in [0.25, 0.3) is 0 Å². The number of amides is 3. The molecule has 3 aliphatic heterocycles. The number of rotatable bonds is 5. The second-order valence-electron chi connectivity index (χ2n) is 13.8. The molecule has 2 aromatic carbocycles. The van der Waals surface area contributed by atoms with Gasteiger partial charge in [-0.2, -0.15) is 5.26 Å². The van der Waals surface area contributed by atoms with Gasteiger partial charge in [0.15, 0.2) is 0 Å². The number of nitrogens with one attached hydrogen (secondary N) is 1. The molecule has 2 aromatic rings. The van der Waals surface area contributed by atoms with Crippen molar-refractivity contribution in [1.82, 2.24) is 20.0 Å². The normalized spacial score (nSPS) is 28.4. The highest BCUT2D eigenvalue weighted by molar-refractivity contribution is 5.89. The number of alkyl carbamates (subject to hydrolysis) is 1. The first-order valence-electron chi connectivity index (χ1n) is 15.6. The van der Waals surface area contributed by atoms with Gasteiger partial charge >= 0.3 is 6.09 Å². The van der Waals surface area contributed by atoms with E-state index in [0.717, 1.165) is 19.3 Å². The molecular weight excluding hydrogens is 542 g/mol. The molecule has 9 heteroatoms. The van der Waals surface area contributed by atoms with Crippen LogP contribution in [-0.4, -0.2) is 81.5 Å². The maximum absolute atomic E-state index is 14.2. The van der Waals surface area contributed by atoms with E-state index in [2.05, 4.69) is 69.7 Å². The van der Waals surface area contributed by atoms with Gasteiger partial charge in [-0.15, -0.1) is 0 Å². The summed E-state index contributed by atoms with van der Waals surface area (Å²) < 4.78 is 5.51. The first kappa shape index (κ1) is 27.9. The number of nitrogens with zero attached hydrogens (tertiary/aromatic N) is 4. The molecule has 3 saturated heterocycles. The van der Waals surface area contributed by atoms with Crippen LogP contribution < -0.4 is 5.32 Å². The van der Waals surface area contributed by atoms with Crippen molar-refractivity contribution in [3.8, 4) is 6.07 Å². The number of likely N-dealkylation sites (tertiary alicyclic amines) is 3. The number of nitriles is 1. The zero-order chi connectivity index (χ0) is 30.0. The Labute approximate surface area is 252 Å². The van der Waals surface area contributed by atoms with Gasteiger partial charge in [0.05, 0.1) is 18.2 Å². The van der Waals surface area contributed by atoms with E-state index in [0.29, 0.717) is 25.3 Å². The first-order chi connectivity index (χ1) is 20.6. The topological polar surface area (TPSA) is 106 Å². The number of piperazine rings is 1. The molecule has 0 radical (unpaired) electrons. The molecule has 2 aliphatic carbocycles. The molecule has 1 N–H and O–H groups in total. The van der Waals surface area contributed by atoms with Gasteiger partial charge in [-0.3, -0.25) is 14.5 Å². The van der Waals surface area contributed by atoms with Crippen molar-refractivity contribution in [2.24, 2.45) is 5.92 Å². The van der Waals surface area contributed by atoms with E-state index in [4.69, 9.17) is 4.74 Å². The van der Waals surface area contributed by atoms with E-state index in [9.17, 15) is 19.6 Å². The Morgan fingerprint density at radius 1 is 1.02 bits per heavy atom. The van der Waals surface area contributed by atoms with Gasteiger partial charge in [-0.1, -0.05) is 48.5 Å². The highest BCUT2D eigenvalue weighted by Gasteiger charge is 2.57. The maximum atomic E-state index is 14.2. The molecule has 3 amide bonds. The lowest BCUT2D eigenvalue weighted by Gasteiger charge is -2.41. The van der Waals surface area contributed by atoms with Crippen LogP contribution in [-0.2, 0) is 27.2 Å². The smallest absolute Gasteiger partial charge is 0.408 e. The van der Waals surface area contributed by atoms with E-state index >= 15 is 0 Å². The summed E-state index contributed by atoms with van der Waals surface area (Å²) in [4.78, 5) is 46.9. The molecule has 1 saturated carbocycles. The zero-order valence-corrected chi connectivity index (χ0v) is 25.0. The van der Waals surface area contributed by atoms with Crippen molar-refractivity contribution >= 4 is 17.9 Å². The minimum Gasteiger partial charge on any atom is -0.444 e. The number of hydrogen-bond donors (Lipinski definition) is 1. The largest absolute Gasteiger partial charge is 0.444 e. The monoisotopic (exact) mass is 581 g/mol. The number of aryl methyl sites for hydroxylation is 2. The summed E-state index contributed by atoms with van der Waals surface area (Å²) >= 11 is 0. The predicted molar refractivity (Wildman–Crippen MR) is 159 cm³/mol. The number of ether oxygens (including phenoxy) is 1. The van der Waals surface area contributed by atoms with E-state index in [1.54, 1.807) is 25.7 Å². The summed E-state index contributed by atoms with van der Waals surface area (Å²) in [6.07, 6.45) is 3.47.